The molecule has 0 fully saturated rings. The molecule has 0 spiro atoms. The van der Waals surface area contributed by atoms with Crippen LogP contribution in [0.15, 0.2) is 24.0 Å². The van der Waals surface area contributed by atoms with Crippen LogP contribution in [0.5, 0.6) is 0 Å². The summed E-state index contributed by atoms with van der Waals surface area (Å²) in [6, 6.07) is 0. The molecule has 0 radical (unpaired) electrons. The molecule has 0 saturated heterocycles. The molecule has 0 heterocycles. The van der Waals surface area contributed by atoms with E-state index in [2.05, 4.69) is 4.74 Å². The summed E-state index contributed by atoms with van der Waals surface area (Å²) in [4.78, 5) is 0. The predicted octanol–water partition coefficient (Wildman–Crippen LogP) is 2.34. The van der Waals surface area contributed by atoms with Gasteiger partial charge in [0.15, 0.2) is 0 Å². The number of alkyl halides is 2. The maximum Gasteiger partial charge on any atom is 0.386 e. The molecule has 0 saturated carbocycles. The second-order valence-corrected chi connectivity index (χ2v) is 1.78. The third-order valence-corrected chi connectivity index (χ3v) is 0.859. The number of nitrogens with one attached hydrogen (secondary N) is 1. The van der Waals surface area contributed by atoms with Crippen molar-refractivity contribution in [3.05, 3.63) is 24.0 Å². The van der Waals surface area contributed by atoms with Crippen molar-refractivity contribution in [2.75, 3.05) is 0 Å². The maximum atomic E-state index is 11.3. The molecule has 0 rings (SSSR count). The topological polar surface area (TPSA) is 33.1 Å². The zero-order chi connectivity index (χ0) is 8.69. The molecule has 1 N–H and O–H groups in total. The van der Waals surface area contributed by atoms with Crippen LogP contribution in [-0.4, -0.2) is 12.8 Å². The van der Waals surface area contributed by atoms with E-state index >= 15 is 0 Å². The summed E-state index contributed by atoms with van der Waals surface area (Å²) in [6.07, 6.45) is 4.80. The fourth-order valence-corrected chi connectivity index (χ4v) is 0.393. The van der Waals surface area contributed by atoms with E-state index in [-0.39, 0.29) is 0 Å². The van der Waals surface area contributed by atoms with Gasteiger partial charge in [-0.05, 0) is 24.6 Å². The molecule has 0 aliphatic heterocycles. The highest BCUT2D eigenvalue weighted by Crippen LogP contribution is 1.98. The van der Waals surface area contributed by atoms with Crippen molar-refractivity contribution >= 4 is 6.21 Å². The molecule has 4 heteroatoms. The predicted molar refractivity (Wildman–Crippen MR) is 38.8 cm³/mol. The lowest BCUT2D eigenvalue weighted by atomic mass is 10.3. The molecule has 11 heavy (non-hydrogen) atoms. The number of halogens is 2. The van der Waals surface area contributed by atoms with Gasteiger partial charge in [0.25, 0.3) is 0 Å². The van der Waals surface area contributed by atoms with Gasteiger partial charge in [0.05, 0.1) is 6.26 Å². The van der Waals surface area contributed by atoms with Crippen LogP contribution in [0.1, 0.15) is 6.92 Å². The molecule has 0 amide bonds. The zero-order valence-corrected chi connectivity index (χ0v) is 6.05. The van der Waals surface area contributed by atoms with Gasteiger partial charge in [0, 0.05) is 6.21 Å². The van der Waals surface area contributed by atoms with E-state index in [1.165, 1.54) is 12.2 Å². The van der Waals surface area contributed by atoms with Crippen molar-refractivity contribution in [1.82, 2.24) is 0 Å². The Morgan fingerprint density at radius 1 is 1.55 bits per heavy atom. The summed E-state index contributed by atoms with van der Waals surface area (Å²) in [7, 11) is 0. The van der Waals surface area contributed by atoms with Gasteiger partial charge >= 0.3 is 6.61 Å². The molecule has 0 aromatic rings. The van der Waals surface area contributed by atoms with E-state index in [0.717, 1.165) is 12.5 Å². The molecule has 0 aromatic heterocycles. The Kier molecular flexibility index (Phi) is 4.98. The van der Waals surface area contributed by atoms with Crippen LogP contribution in [-0.2, 0) is 4.74 Å². The molecule has 0 atom stereocenters. The highest BCUT2D eigenvalue weighted by Gasteiger charge is 1.94. The van der Waals surface area contributed by atoms with Crippen molar-refractivity contribution in [2.24, 2.45) is 0 Å². The molecule has 0 aromatic carbocycles. The van der Waals surface area contributed by atoms with Crippen LogP contribution in [0.2, 0.25) is 0 Å². The Morgan fingerprint density at radius 2 is 2.18 bits per heavy atom. The SMILES string of the molecule is CC(=C/C=N)/C=C/OC(F)F. The molecule has 0 aliphatic rings. The Labute approximate surface area is 63.7 Å². The third-order valence-electron chi connectivity index (χ3n) is 0.859. The van der Waals surface area contributed by atoms with E-state index in [4.69, 9.17) is 5.41 Å². The third kappa shape index (κ3) is 6.70. The highest BCUT2D eigenvalue weighted by atomic mass is 19.3. The minimum Gasteiger partial charge on any atom is -0.443 e. The Hall–Kier alpha value is -1.19. The lowest BCUT2D eigenvalue weighted by Gasteiger charge is -1.94. The molecule has 0 aliphatic carbocycles. The molecule has 2 nitrogen and oxygen atoms in total. The van der Waals surface area contributed by atoms with Gasteiger partial charge in [0.1, 0.15) is 0 Å². The van der Waals surface area contributed by atoms with Gasteiger partial charge in [-0.25, -0.2) is 0 Å². The Morgan fingerprint density at radius 3 is 2.64 bits per heavy atom. The minimum absolute atomic E-state index is 0.681. The van der Waals surface area contributed by atoms with Crippen molar-refractivity contribution in [1.29, 1.82) is 5.41 Å². The Bertz CT molecular complexity index is 175. The largest absolute Gasteiger partial charge is 0.443 e. The normalized spacial score (nSPS) is 12.5. The standard InChI is InChI=1S/C7H9F2NO/c1-6(2-4-10)3-5-11-7(8)9/h2-5,7,10H,1H3/b5-3+,6-2-,10-4?. The highest BCUT2D eigenvalue weighted by molar-refractivity contribution is 5.69. The lowest BCUT2D eigenvalue weighted by Crippen LogP contribution is -1.89. The van der Waals surface area contributed by atoms with Crippen LogP contribution >= 0.6 is 0 Å². The molecular formula is C7H9F2NO. The summed E-state index contributed by atoms with van der Waals surface area (Å²) >= 11 is 0. The summed E-state index contributed by atoms with van der Waals surface area (Å²) in [5.41, 5.74) is 0.681. The van der Waals surface area contributed by atoms with E-state index in [9.17, 15) is 8.78 Å². The smallest absolute Gasteiger partial charge is 0.386 e. The van der Waals surface area contributed by atoms with Gasteiger partial charge in [0.2, 0.25) is 0 Å². The van der Waals surface area contributed by atoms with Crippen LogP contribution < -0.4 is 0 Å². The second-order valence-electron chi connectivity index (χ2n) is 1.78. The zero-order valence-electron chi connectivity index (χ0n) is 6.05. The fraction of sp³-hybridized carbons (Fsp3) is 0.286. The van der Waals surface area contributed by atoms with Gasteiger partial charge in [-0.2, -0.15) is 8.78 Å². The minimum atomic E-state index is -2.78. The van der Waals surface area contributed by atoms with Gasteiger partial charge in [-0.1, -0.05) is 0 Å². The molecule has 0 bridgehead atoms. The van der Waals surface area contributed by atoms with Crippen molar-refractivity contribution in [3.63, 3.8) is 0 Å². The summed E-state index contributed by atoms with van der Waals surface area (Å²) in [5, 5.41) is 6.63. The number of hydrogen-bond donors (Lipinski definition) is 1. The van der Waals surface area contributed by atoms with Crippen molar-refractivity contribution in [3.8, 4) is 0 Å². The van der Waals surface area contributed by atoms with Crippen molar-refractivity contribution in [2.45, 2.75) is 13.5 Å². The number of ether oxygens (including phenoxy) is 1. The van der Waals surface area contributed by atoms with Crippen molar-refractivity contribution < 1.29 is 13.5 Å². The van der Waals surface area contributed by atoms with Gasteiger partial charge in [-0.3, -0.25) is 0 Å². The summed E-state index contributed by atoms with van der Waals surface area (Å²) in [5.74, 6) is 0. The van der Waals surface area contributed by atoms with Crippen LogP contribution in [0.25, 0.3) is 0 Å². The number of hydrogen-bond acceptors (Lipinski definition) is 2. The van der Waals surface area contributed by atoms with E-state index < -0.39 is 6.61 Å². The first-order valence-electron chi connectivity index (χ1n) is 2.94. The fourth-order valence-electron chi connectivity index (χ4n) is 0.393. The molecular weight excluding hydrogens is 152 g/mol. The Balaban J connectivity index is 3.73. The van der Waals surface area contributed by atoms with E-state index in [0.29, 0.717) is 5.57 Å². The first-order valence-corrected chi connectivity index (χ1v) is 2.94. The van der Waals surface area contributed by atoms with Crippen LogP contribution in [0.4, 0.5) is 8.78 Å². The van der Waals surface area contributed by atoms with E-state index in [1.54, 1.807) is 6.92 Å². The summed E-state index contributed by atoms with van der Waals surface area (Å²) < 4.78 is 26.5. The molecule has 62 valence electrons. The average molecular weight is 161 g/mol. The lowest BCUT2D eigenvalue weighted by molar-refractivity contribution is -0.0829. The first kappa shape index (κ1) is 9.81. The number of rotatable bonds is 4. The van der Waals surface area contributed by atoms with E-state index in [1.807, 2.05) is 0 Å². The maximum absolute atomic E-state index is 11.3. The molecule has 0 unspecified atom stereocenters. The summed E-state index contributed by atoms with van der Waals surface area (Å²) in [6.45, 7) is -1.10. The number of allylic oxidation sites excluding steroid dienone is 3. The average Bonchev–Trinajstić information content (AvgIpc) is 1.87. The second kappa shape index (κ2) is 5.58. The first-order chi connectivity index (χ1) is 5.16. The van der Waals surface area contributed by atoms with Gasteiger partial charge < -0.3 is 10.1 Å². The van der Waals surface area contributed by atoms with Crippen LogP contribution in [0, 0.1) is 5.41 Å². The quantitative estimate of drug-likeness (QED) is 0.383. The van der Waals surface area contributed by atoms with Crippen LogP contribution in [0.3, 0.4) is 0 Å². The van der Waals surface area contributed by atoms with Gasteiger partial charge in [-0.15, -0.1) is 0 Å². The monoisotopic (exact) mass is 161 g/mol.